The lowest BCUT2D eigenvalue weighted by Gasteiger charge is -2.27. The third-order valence-electron chi connectivity index (χ3n) is 4.86. The summed E-state index contributed by atoms with van der Waals surface area (Å²) in [6.45, 7) is 6.21. The first-order chi connectivity index (χ1) is 14.5. The summed E-state index contributed by atoms with van der Waals surface area (Å²) in [5.74, 6) is -3.74. The maximum absolute atomic E-state index is 12.9. The summed E-state index contributed by atoms with van der Waals surface area (Å²) in [6.07, 6.45) is 2.08. The molecule has 0 fully saturated rings. The molecule has 0 spiro atoms. The van der Waals surface area contributed by atoms with Gasteiger partial charge in [0.25, 0.3) is 0 Å². The highest BCUT2D eigenvalue weighted by Gasteiger charge is 2.33. The zero-order valence-electron chi connectivity index (χ0n) is 18.1. The van der Waals surface area contributed by atoms with Crippen LogP contribution in [0.4, 0.5) is 0 Å². The van der Waals surface area contributed by atoms with E-state index in [4.69, 9.17) is 5.73 Å². The summed E-state index contributed by atoms with van der Waals surface area (Å²) in [4.78, 5) is 55.7. The van der Waals surface area contributed by atoms with Gasteiger partial charge in [0.05, 0.1) is 18.5 Å². The predicted octanol–water partition coefficient (Wildman–Crippen LogP) is -1.73. The molecule has 0 saturated heterocycles. The van der Waals surface area contributed by atoms with Gasteiger partial charge in [-0.2, -0.15) is 0 Å². The minimum Gasteiger partial charge on any atom is -0.480 e. The average Bonchev–Trinajstić information content (AvgIpc) is 3.21. The second-order valence-electron chi connectivity index (χ2n) is 7.57. The molecule has 1 aromatic heterocycles. The number of aliphatic carboxylic acids is 1. The van der Waals surface area contributed by atoms with Crippen molar-refractivity contribution in [3.63, 3.8) is 0 Å². The molecule has 3 amide bonds. The second-order valence-corrected chi connectivity index (χ2v) is 7.57. The summed E-state index contributed by atoms with van der Waals surface area (Å²) >= 11 is 0. The third kappa shape index (κ3) is 7.98. The van der Waals surface area contributed by atoms with Crippen LogP contribution in [0.3, 0.4) is 0 Å². The van der Waals surface area contributed by atoms with Crippen molar-refractivity contribution in [1.82, 2.24) is 25.9 Å². The van der Waals surface area contributed by atoms with Crippen molar-refractivity contribution in [2.75, 3.05) is 0 Å². The van der Waals surface area contributed by atoms with E-state index >= 15 is 0 Å². The van der Waals surface area contributed by atoms with Gasteiger partial charge in [-0.1, -0.05) is 20.3 Å². The van der Waals surface area contributed by atoms with Crippen molar-refractivity contribution in [2.24, 2.45) is 11.7 Å². The Labute approximate surface area is 180 Å². The fourth-order valence-corrected chi connectivity index (χ4v) is 2.71. The number of hydrogen-bond acceptors (Lipinski definition) is 7. The first kappa shape index (κ1) is 26.0. The van der Waals surface area contributed by atoms with E-state index < -0.39 is 54.0 Å². The van der Waals surface area contributed by atoms with Gasteiger partial charge in [0.1, 0.15) is 18.1 Å². The van der Waals surface area contributed by atoms with Gasteiger partial charge in [0.15, 0.2) is 0 Å². The van der Waals surface area contributed by atoms with E-state index in [-0.39, 0.29) is 12.3 Å². The van der Waals surface area contributed by atoms with Crippen LogP contribution in [-0.4, -0.2) is 74.1 Å². The minimum absolute atomic E-state index is 0.0157. The fraction of sp³-hybridized carbons (Fsp3) is 0.632. The maximum Gasteiger partial charge on any atom is 0.326 e. The van der Waals surface area contributed by atoms with Crippen molar-refractivity contribution in [3.8, 4) is 0 Å². The average molecular weight is 441 g/mol. The maximum atomic E-state index is 12.9. The van der Waals surface area contributed by atoms with Crippen molar-refractivity contribution >= 4 is 23.7 Å². The Hall–Kier alpha value is -2.99. The number of rotatable bonds is 12. The Kier molecular flexibility index (Phi) is 10.1. The monoisotopic (exact) mass is 440 g/mol. The number of aromatic amines is 1. The number of hydrogen-bond donors (Lipinski definition) is 7. The molecule has 0 aliphatic carbocycles. The number of H-pyrrole nitrogens is 1. The van der Waals surface area contributed by atoms with E-state index in [1.165, 1.54) is 26.4 Å². The van der Waals surface area contributed by atoms with Gasteiger partial charge in [0, 0.05) is 18.3 Å². The molecule has 31 heavy (non-hydrogen) atoms. The van der Waals surface area contributed by atoms with E-state index in [9.17, 15) is 29.4 Å². The quantitative estimate of drug-likeness (QED) is 0.199. The molecule has 8 N–H and O–H groups in total. The molecular formula is C19H32N6O6. The molecule has 6 atom stereocenters. The number of nitrogens with zero attached hydrogens (tertiary/aromatic N) is 1. The van der Waals surface area contributed by atoms with E-state index in [0.29, 0.717) is 12.1 Å². The Morgan fingerprint density at radius 3 is 2.13 bits per heavy atom. The molecule has 12 heteroatoms. The zero-order chi connectivity index (χ0) is 23.7. The topological polar surface area (TPSA) is 200 Å². The summed E-state index contributed by atoms with van der Waals surface area (Å²) in [5.41, 5.74) is 6.01. The van der Waals surface area contributed by atoms with E-state index in [1.54, 1.807) is 13.8 Å². The lowest BCUT2D eigenvalue weighted by Crippen LogP contribution is -2.60. The van der Waals surface area contributed by atoms with Crippen LogP contribution in [0.15, 0.2) is 12.5 Å². The number of aliphatic hydroxyl groups is 1. The first-order valence-corrected chi connectivity index (χ1v) is 10.0. The lowest BCUT2D eigenvalue weighted by atomic mass is 9.98. The van der Waals surface area contributed by atoms with Gasteiger partial charge in [-0.25, -0.2) is 9.78 Å². The summed E-state index contributed by atoms with van der Waals surface area (Å²) in [7, 11) is 0. The van der Waals surface area contributed by atoms with Crippen molar-refractivity contribution in [2.45, 2.75) is 70.8 Å². The summed E-state index contributed by atoms with van der Waals surface area (Å²) in [5, 5.41) is 26.6. The van der Waals surface area contributed by atoms with E-state index in [0.717, 1.165) is 0 Å². The van der Waals surface area contributed by atoms with Crippen LogP contribution >= 0.6 is 0 Å². The highest BCUT2D eigenvalue weighted by atomic mass is 16.4. The number of nitrogens with one attached hydrogen (secondary N) is 4. The van der Waals surface area contributed by atoms with Crippen LogP contribution in [0, 0.1) is 5.92 Å². The van der Waals surface area contributed by atoms with Gasteiger partial charge in [-0.05, 0) is 19.8 Å². The first-order valence-electron chi connectivity index (χ1n) is 10.0. The predicted molar refractivity (Wildman–Crippen MR) is 111 cm³/mol. The second kappa shape index (κ2) is 12.0. The number of nitrogens with two attached hydrogens (primary N) is 1. The smallest absolute Gasteiger partial charge is 0.326 e. The van der Waals surface area contributed by atoms with Gasteiger partial charge >= 0.3 is 5.97 Å². The molecule has 6 unspecified atom stereocenters. The molecular weight excluding hydrogens is 408 g/mol. The van der Waals surface area contributed by atoms with Gasteiger partial charge in [-0.3, -0.25) is 14.4 Å². The Morgan fingerprint density at radius 1 is 1.06 bits per heavy atom. The molecule has 1 rings (SSSR count). The highest BCUT2D eigenvalue weighted by Crippen LogP contribution is 2.09. The number of carboxylic acid groups (broad SMARTS) is 1. The summed E-state index contributed by atoms with van der Waals surface area (Å²) < 4.78 is 0. The molecule has 12 nitrogen and oxygen atoms in total. The number of amides is 3. The van der Waals surface area contributed by atoms with Crippen LogP contribution in [0.5, 0.6) is 0 Å². The molecule has 1 aromatic rings. The standard InChI is InChI=1S/C19H32N6O6/c1-5-9(2)14(19(30)31)24-17(28)13(6-12-7-21-8-22-12)23-18(29)15(11(4)26)25-16(27)10(3)20/h7-11,13-15,26H,5-6,20H2,1-4H3,(H,21,22)(H,23,29)(H,24,28)(H,25,27)(H,30,31). The zero-order valence-corrected chi connectivity index (χ0v) is 18.1. The molecule has 1 heterocycles. The van der Waals surface area contributed by atoms with Crippen LogP contribution in [0.25, 0.3) is 0 Å². The molecule has 0 bridgehead atoms. The lowest BCUT2D eigenvalue weighted by molar-refractivity contribution is -0.144. The normalized spacial score (nSPS) is 16.8. The number of carboxylic acids is 1. The molecule has 174 valence electrons. The van der Waals surface area contributed by atoms with Gasteiger partial charge < -0.3 is 36.9 Å². The van der Waals surface area contributed by atoms with Crippen molar-refractivity contribution in [1.29, 1.82) is 0 Å². The third-order valence-corrected chi connectivity index (χ3v) is 4.86. The minimum atomic E-state index is -1.36. The van der Waals surface area contributed by atoms with E-state index in [1.807, 2.05) is 0 Å². The molecule has 0 aliphatic heterocycles. The molecule has 0 aliphatic rings. The number of imidazole rings is 1. The summed E-state index contributed by atoms with van der Waals surface area (Å²) in [6, 6.07) is -4.61. The Bertz CT molecular complexity index is 751. The Balaban J connectivity index is 3.06. The van der Waals surface area contributed by atoms with Crippen LogP contribution in [0.2, 0.25) is 0 Å². The largest absolute Gasteiger partial charge is 0.480 e. The van der Waals surface area contributed by atoms with Crippen LogP contribution in [0.1, 0.15) is 39.8 Å². The SMILES string of the molecule is CCC(C)C(NC(=O)C(Cc1cnc[nH]1)NC(=O)C(NC(=O)C(C)N)C(C)O)C(=O)O. The highest BCUT2D eigenvalue weighted by molar-refractivity contribution is 5.94. The molecule has 0 saturated carbocycles. The van der Waals surface area contributed by atoms with Gasteiger partial charge in [0.2, 0.25) is 17.7 Å². The van der Waals surface area contributed by atoms with Crippen LogP contribution < -0.4 is 21.7 Å². The number of carbonyl (C=O) groups excluding carboxylic acids is 3. The molecule has 0 aromatic carbocycles. The van der Waals surface area contributed by atoms with E-state index in [2.05, 4.69) is 25.9 Å². The molecule has 0 radical (unpaired) electrons. The number of aliphatic hydroxyl groups excluding tert-OH is 1. The van der Waals surface area contributed by atoms with Crippen LogP contribution in [-0.2, 0) is 25.6 Å². The Morgan fingerprint density at radius 2 is 1.68 bits per heavy atom. The van der Waals surface area contributed by atoms with Crippen molar-refractivity contribution < 1.29 is 29.4 Å². The van der Waals surface area contributed by atoms with Gasteiger partial charge in [-0.15, -0.1) is 0 Å². The fourth-order valence-electron chi connectivity index (χ4n) is 2.71. The number of aromatic nitrogens is 2. The van der Waals surface area contributed by atoms with Crippen molar-refractivity contribution in [3.05, 3.63) is 18.2 Å². The number of carbonyl (C=O) groups is 4.